The molecule has 2 aromatic carbocycles. The van der Waals surface area contributed by atoms with Gasteiger partial charge in [0.1, 0.15) is 5.75 Å². The van der Waals surface area contributed by atoms with Crippen molar-refractivity contribution < 1.29 is 14.3 Å². The van der Waals surface area contributed by atoms with E-state index in [2.05, 4.69) is 20.9 Å². The molecule has 3 amide bonds. The molecule has 1 heterocycles. The molecule has 0 bridgehead atoms. The van der Waals surface area contributed by atoms with Gasteiger partial charge in [-0.2, -0.15) is 0 Å². The van der Waals surface area contributed by atoms with Gasteiger partial charge in [-0.1, -0.05) is 13.0 Å². The maximum atomic E-state index is 12.9. The van der Waals surface area contributed by atoms with Gasteiger partial charge in [-0.15, -0.1) is 0 Å². The number of amides is 3. The third kappa shape index (κ3) is 5.43. The zero-order chi connectivity index (χ0) is 21.5. The van der Waals surface area contributed by atoms with Crippen molar-refractivity contribution in [2.75, 3.05) is 35.7 Å². The summed E-state index contributed by atoms with van der Waals surface area (Å²) < 4.78 is 5.18. The van der Waals surface area contributed by atoms with E-state index < -0.39 is 0 Å². The molecule has 0 saturated carbocycles. The Morgan fingerprint density at radius 3 is 2.43 bits per heavy atom. The summed E-state index contributed by atoms with van der Waals surface area (Å²) in [6, 6.07) is 12.3. The zero-order valence-corrected chi connectivity index (χ0v) is 17.8. The second kappa shape index (κ2) is 10.0. The third-order valence-corrected chi connectivity index (χ3v) is 5.26. The molecule has 1 fully saturated rings. The molecule has 3 rings (SSSR count). The van der Waals surface area contributed by atoms with Crippen molar-refractivity contribution in [1.82, 2.24) is 5.32 Å². The van der Waals surface area contributed by atoms with Gasteiger partial charge in [0, 0.05) is 42.3 Å². The highest BCUT2D eigenvalue weighted by molar-refractivity contribution is 6.04. The molecule has 0 radical (unpaired) electrons. The summed E-state index contributed by atoms with van der Waals surface area (Å²) in [5.41, 5.74) is 2.67. The fraction of sp³-hybridized carbons (Fsp3) is 0.391. The molecule has 160 valence electrons. The van der Waals surface area contributed by atoms with Crippen molar-refractivity contribution in [1.29, 1.82) is 0 Å². The van der Waals surface area contributed by atoms with Crippen molar-refractivity contribution in [3.8, 4) is 5.75 Å². The van der Waals surface area contributed by atoms with E-state index in [1.807, 2.05) is 32.0 Å². The molecule has 1 saturated heterocycles. The fourth-order valence-corrected chi connectivity index (χ4v) is 3.43. The van der Waals surface area contributed by atoms with Crippen LogP contribution in [0.5, 0.6) is 5.75 Å². The van der Waals surface area contributed by atoms with E-state index in [9.17, 15) is 9.59 Å². The molecule has 7 nitrogen and oxygen atoms in total. The molecular formula is C23H30N4O3. The molecule has 30 heavy (non-hydrogen) atoms. The summed E-state index contributed by atoms with van der Waals surface area (Å²) in [7, 11) is 1.58. The minimum Gasteiger partial charge on any atom is -0.497 e. The lowest BCUT2D eigenvalue weighted by atomic mass is 10.1. The number of hydrogen-bond donors (Lipinski definition) is 3. The predicted octanol–water partition coefficient (Wildman–Crippen LogP) is 4.47. The summed E-state index contributed by atoms with van der Waals surface area (Å²) in [4.78, 5) is 27.6. The van der Waals surface area contributed by atoms with Gasteiger partial charge in [0.2, 0.25) is 0 Å². The summed E-state index contributed by atoms with van der Waals surface area (Å²) in [6.45, 7) is 5.89. The van der Waals surface area contributed by atoms with Crippen LogP contribution in [0.15, 0.2) is 42.5 Å². The first-order valence-corrected chi connectivity index (χ1v) is 10.4. The van der Waals surface area contributed by atoms with E-state index in [0.717, 1.165) is 38.0 Å². The lowest BCUT2D eigenvalue weighted by Crippen LogP contribution is -2.33. The van der Waals surface area contributed by atoms with Crippen molar-refractivity contribution in [2.45, 2.75) is 39.2 Å². The minimum absolute atomic E-state index is 0.0805. The molecule has 1 aliphatic heterocycles. The van der Waals surface area contributed by atoms with Crippen molar-refractivity contribution in [3.63, 3.8) is 0 Å². The topological polar surface area (TPSA) is 82.7 Å². The SMILES string of the molecule is CC[C@@H](C)NC(=O)c1cc(NC(=O)Nc2cccc(OC)c2)ccc1N1CCCC1. The van der Waals surface area contributed by atoms with E-state index in [0.29, 0.717) is 22.7 Å². The van der Waals surface area contributed by atoms with Gasteiger partial charge in [-0.05, 0) is 56.5 Å². The first-order valence-electron chi connectivity index (χ1n) is 10.4. The summed E-state index contributed by atoms with van der Waals surface area (Å²) in [6.07, 6.45) is 3.09. The quantitative estimate of drug-likeness (QED) is 0.629. The highest BCUT2D eigenvalue weighted by atomic mass is 16.5. The maximum absolute atomic E-state index is 12.9. The summed E-state index contributed by atoms with van der Waals surface area (Å²) in [5, 5.41) is 8.64. The second-order valence-electron chi connectivity index (χ2n) is 7.52. The molecule has 0 aromatic heterocycles. The number of methoxy groups -OCH3 is 1. The van der Waals surface area contributed by atoms with Crippen LogP contribution in [0, 0.1) is 0 Å². The number of hydrogen-bond acceptors (Lipinski definition) is 4. The first kappa shape index (κ1) is 21.5. The average Bonchev–Trinajstić information content (AvgIpc) is 3.28. The number of benzene rings is 2. The summed E-state index contributed by atoms with van der Waals surface area (Å²) in [5.74, 6) is 0.537. The fourth-order valence-electron chi connectivity index (χ4n) is 3.43. The van der Waals surface area contributed by atoms with Crippen LogP contribution < -0.4 is 25.6 Å². The number of carbonyl (C=O) groups excluding carboxylic acids is 2. The van der Waals surface area contributed by atoms with Crippen LogP contribution in [0.2, 0.25) is 0 Å². The van der Waals surface area contributed by atoms with Crippen molar-refractivity contribution in [3.05, 3.63) is 48.0 Å². The Morgan fingerprint density at radius 1 is 1.07 bits per heavy atom. The van der Waals surface area contributed by atoms with Gasteiger partial charge in [-0.25, -0.2) is 4.79 Å². The number of rotatable bonds is 7. The number of nitrogens with one attached hydrogen (secondary N) is 3. The monoisotopic (exact) mass is 410 g/mol. The van der Waals surface area contributed by atoms with Crippen LogP contribution in [0.1, 0.15) is 43.5 Å². The summed E-state index contributed by atoms with van der Waals surface area (Å²) >= 11 is 0. The third-order valence-electron chi connectivity index (χ3n) is 5.26. The number of nitrogens with zero attached hydrogens (tertiary/aromatic N) is 1. The number of urea groups is 1. The average molecular weight is 411 g/mol. The molecular weight excluding hydrogens is 380 g/mol. The van der Waals surface area contributed by atoms with Gasteiger partial charge < -0.3 is 25.6 Å². The predicted molar refractivity (Wildman–Crippen MR) is 121 cm³/mol. The Bertz CT molecular complexity index is 894. The molecule has 3 N–H and O–H groups in total. The lowest BCUT2D eigenvalue weighted by Gasteiger charge is -2.23. The largest absolute Gasteiger partial charge is 0.497 e. The molecule has 0 aliphatic carbocycles. The van der Waals surface area contributed by atoms with Crippen LogP contribution in [-0.2, 0) is 0 Å². The molecule has 1 atom stereocenters. The van der Waals surface area contributed by atoms with Crippen LogP contribution >= 0.6 is 0 Å². The second-order valence-corrected chi connectivity index (χ2v) is 7.52. The number of anilines is 3. The van der Waals surface area contributed by atoms with Crippen molar-refractivity contribution >= 4 is 29.0 Å². The van der Waals surface area contributed by atoms with E-state index in [1.54, 1.807) is 31.4 Å². The Balaban J connectivity index is 1.78. The Morgan fingerprint density at radius 2 is 1.77 bits per heavy atom. The lowest BCUT2D eigenvalue weighted by molar-refractivity contribution is 0.0939. The van der Waals surface area contributed by atoms with E-state index in [-0.39, 0.29) is 18.0 Å². The normalized spacial score (nSPS) is 14.2. The Kier molecular flexibility index (Phi) is 7.17. The van der Waals surface area contributed by atoms with Crippen LogP contribution in [0.25, 0.3) is 0 Å². The molecule has 0 spiro atoms. The van der Waals surface area contributed by atoms with Crippen LogP contribution in [-0.4, -0.2) is 38.2 Å². The zero-order valence-electron chi connectivity index (χ0n) is 17.8. The van der Waals surface area contributed by atoms with Crippen LogP contribution in [0.4, 0.5) is 21.9 Å². The molecule has 1 aliphatic rings. The number of carbonyl (C=O) groups is 2. The van der Waals surface area contributed by atoms with Gasteiger partial charge in [-0.3, -0.25) is 4.79 Å². The minimum atomic E-state index is -0.384. The van der Waals surface area contributed by atoms with Gasteiger partial charge in [0.15, 0.2) is 0 Å². The smallest absolute Gasteiger partial charge is 0.323 e. The van der Waals surface area contributed by atoms with Gasteiger partial charge in [0.05, 0.1) is 12.7 Å². The van der Waals surface area contributed by atoms with Gasteiger partial charge in [0.25, 0.3) is 5.91 Å². The standard InChI is InChI=1S/C23H30N4O3/c1-4-16(2)24-22(28)20-15-18(10-11-21(20)27-12-5-6-13-27)26-23(29)25-17-8-7-9-19(14-17)30-3/h7-11,14-16H,4-6,12-13H2,1-3H3,(H,24,28)(H2,25,26,29)/t16-/m1/s1. The van der Waals surface area contributed by atoms with E-state index in [4.69, 9.17) is 4.74 Å². The molecule has 7 heteroatoms. The molecule has 0 unspecified atom stereocenters. The Labute approximate surface area is 177 Å². The maximum Gasteiger partial charge on any atom is 0.323 e. The first-order chi connectivity index (χ1) is 14.5. The highest BCUT2D eigenvalue weighted by Crippen LogP contribution is 2.28. The Hall–Kier alpha value is -3.22. The van der Waals surface area contributed by atoms with Gasteiger partial charge >= 0.3 is 6.03 Å². The van der Waals surface area contributed by atoms with Crippen LogP contribution in [0.3, 0.4) is 0 Å². The van der Waals surface area contributed by atoms with E-state index in [1.165, 1.54) is 0 Å². The van der Waals surface area contributed by atoms with Crippen molar-refractivity contribution in [2.24, 2.45) is 0 Å². The molecule has 2 aromatic rings. The highest BCUT2D eigenvalue weighted by Gasteiger charge is 2.21. The van der Waals surface area contributed by atoms with E-state index >= 15 is 0 Å². The number of ether oxygens (including phenoxy) is 1.